The number of fused-ring (bicyclic) bond motifs is 1. The second-order valence-electron chi connectivity index (χ2n) is 8.23. The van der Waals surface area contributed by atoms with Crippen molar-refractivity contribution < 1.29 is 9.90 Å². The van der Waals surface area contributed by atoms with Gasteiger partial charge in [0.1, 0.15) is 12.4 Å². The summed E-state index contributed by atoms with van der Waals surface area (Å²) in [6.45, 7) is 7.14. The number of aliphatic hydroxyl groups is 1. The van der Waals surface area contributed by atoms with E-state index in [0.29, 0.717) is 25.6 Å². The molecule has 1 saturated carbocycles. The Hall–Kier alpha value is -1.88. The lowest BCUT2D eigenvalue weighted by Crippen LogP contribution is -2.40. The number of aromatic nitrogens is 2. The fraction of sp³-hybridized carbons (Fsp3) is 0.579. The van der Waals surface area contributed by atoms with Crippen molar-refractivity contribution in [1.82, 2.24) is 14.5 Å². The highest BCUT2D eigenvalue weighted by molar-refractivity contribution is 5.81. The molecule has 2 aliphatic rings. The molecule has 0 radical (unpaired) electrons. The van der Waals surface area contributed by atoms with Gasteiger partial charge >= 0.3 is 0 Å². The van der Waals surface area contributed by atoms with Crippen molar-refractivity contribution in [3.05, 3.63) is 30.1 Å². The summed E-state index contributed by atoms with van der Waals surface area (Å²) in [5.74, 6) is 1.59. The molecular formula is C19H25N3O2. The lowest BCUT2D eigenvalue weighted by molar-refractivity contribution is -0.131. The third-order valence-corrected chi connectivity index (χ3v) is 5.82. The first kappa shape index (κ1) is 15.6. The van der Waals surface area contributed by atoms with E-state index in [1.807, 2.05) is 45.0 Å². The highest BCUT2D eigenvalue weighted by Crippen LogP contribution is 2.41. The van der Waals surface area contributed by atoms with Gasteiger partial charge in [0.2, 0.25) is 5.91 Å². The molecule has 1 aliphatic carbocycles. The van der Waals surface area contributed by atoms with Gasteiger partial charge in [0, 0.05) is 24.4 Å². The van der Waals surface area contributed by atoms with E-state index in [4.69, 9.17) is 4.98 Å². The Balaban J connectivity index is 1.63. The Morgan fingerprint density at radius 1 is 1.25 bits per heavy atom. The number of hydrogen-bond acceptors (Lipinski definition) is 3. The molecule has 128 valence electrons. The van der Waals surface area contributed by atoms with Crippen LogP contribution < -0.4 is 0 Å². The minimum absolute atomic E-state index is 0.0610. The first-order chi connectivity index (χ1) is 11.3. The Kier molecular flexibility index (Phi) is 3.29. The van der Waals surface area contributed by atoms with E-state index in [-0.39, 0.29) is 11.3 Å². The van der Waals surface area contributed by atoms with Gasteiger partial charge in [-0.3, -0.25) is 4.79 Å². The number of nitrogens with zero attached hydrogens (tertiary/aromatic N) is 3. The molecular weight excluding hydrogens is 302 g/mol. The maximum absolute atomic E-state index is 12.9. The summed E-state index contributed by atoms with van der Waals surface area (Å²) in [4.78, 5) is 19.4. The van der Waals surface area contributed by atoms with Gasteiger partial charge in [0.15, 0.2) is 0 Å². The van der Waals surface area contributed by atoms with Crippen molar-refractivity contribution in [2.75, 3.05) is 13.1 Å². The Morgan fingerprint density at radius 2 is 1.96 bits per heavy atom. The summed E-state index contributed by atoms with van der Waals surface area (Å²) in [6, 6.07) is 8.02. The van der Waals surface area contributed by atoms with Gasteiger partial charge in [-0.05, 0) is 31.9 Å². The first-order valence-electron chi connectivity index (χ1n) is 8.74. The SMILES string of the molecule is CC1(C)CN(C(=O)Cn2c(C3CC3)nc3ccccc32)C[C@]1(C)O. The number of carbonyl (C=O) groups excluding carboxylic acids is 1. The summed E-state index contributed by atoms with van der Waals surface area (Å²) >= 11 is 0. The van der Waals surface area contributed by atoms with Gasteiger partial charge in [-0.1, -0.05) is 26.0 Å². The summed E-state index contributed by atoms with van der Waals surface area (Å²) in [6.07, 6.45) is 2.31. The zero-order valence-electron chi connectivity index (χ0n) is 14.6. The third kappa shape index (κ3) is 2.42. The predicted molar refractivity (Wildman–Crippen MR) is 92.7 cm³/mol. The Morgan fingerprint density at radius 3 is 2.58 bits per heavy atom. The number of rotatable bonds is 3. The number of carbonyl (C=O) groups is 1. The van der Waals surface area contributed by atoms with Crippen LogP contribution in [0.15, 0.2) is 24.3 Å². The molecule has 0 unspecified atom stereocenters. The smallest absolute Gasteiger partial charge is 0.242 e. The maximum atomic E-state index is 12.9. The van der Waals surface area contributed by atoms with Gasteiger partial charge < -0.3 is 14.6 Å². The molecule has 0 bridgehead atoms. The summed E-state index contributed by atoms with van der Waals surface area (Å²) in [7, 11) is 0. The molecule has 24 heavy (non-hydrogen) atoms. The molecule has 1 aromatic carbocycles. The topological polar surface area (TPSA) is 58.4 Å². The van der Waals surface area contributed by atoms with Crippen LogP contribution in [0.5, 0.6) is 0 Å². The third-order valence-electron chi connectivity index (χ3n) is 5.82. The molecule has 5 nitrogen and oxygen atoms in total. The van der Waals surface area contributed by atoms with Crippen LogP contribution in [0.4, 0.5) is 0 Å². The highest BCUT2D eigenvalue weighted by Gasteiger charge is 2.49. The maximum Gasteiger partial charge on any atom is 0.242 e. The molecule has 1 N–H and O–H groups in total. The Bertz CT molecular complexity index is 786. The average molecular weight is 327 g/mol. The fourth-order valence-corrected chi connectivity index (χ4v) is 3.61. The average Bonchev–Trinajstić information content (AvgIpc) is 3.25. The molecule has 5 heteroatoms. The largest absolute Gasteiger partial charge is 0.388 e. The van der Waals surface area contributed by atoms with Crippen molar-refractivity contribution in [3.63, 3.8) is 0 Å². The number of para-hydroxylation sites is 2. The van der Waals surface area contributed by atoms with Gasteiger partial charge in [0.05, 0.1) is 16.6 Å². The Labute approximate surface area is 142 Å². The molecule has 0 spiro atoms. The van der Waals surface area contributed by atoms with E-state index < -0.39 is 5.60 Å². The van der Waals surface area contributed by atoms with Crippen LogP contribution in [0.3, 0.4) is 0 Å². The quantitative estimate of drug-likeness (QED) is 0.942. The molecule has 2 heterocycles. The zero-order valence-corrected chi connectivity index (χ0v) is 14.6. The van der Waals surface area contributed by atoms with Crippen molar-refractivity contribution >= 4 is 16.9 Å². The number of amides is 1. The van der Waals surface area contributed by atoms with Gasteiger partial charge in [-0.15, -0.1) is 0 Å². The van der Waals surface area contributed by atoms with Crippen molar-refractivity contribution in [1.29, 1.82) is 0 Å². The van der Waals surface area contributed by atoms with E-state index >= 15 is 0 Å². The van der Waals surface area contributed by atoms with E-state index in [1.54, 1.807) is 4.90 Å². The van der Waals surface area contributed by atoms with Crippen LogP contribution in [0, 0.1) is 5.41 Å². The van der Waals surface area contributed by atoms with Crippen LogP contribution >= 0.6 is 0 Å². The molecule has 2 aromatic rings. The van der Waals surface area contributed by atoms with Gasteiger partial charge in [-0.2, -0.15) is 0 Å². The zero-order chi connectivity index (χ0) is 17.1. The molecule has 1 aliphatic heterocycles. The molecule has 2 fully saturated rings. The minimum Gasteiger partial charge on any atom is -0.388 e. The second kappa shape index (κ2) is 5.06. The van der Waals surface area contributed by atoms with E-state index in [0.717, 1.165) is 29.7 Å². The molecule has 4 rings (SSSR count). The lowest BCUT2D eigenvalue weighted by atomic mass is 9.79. The van der Waals surface area contributed by atoms with E-state index in [9.17, 15) is 9.90 Å². The van der Waals surface area contributed by atoms with Gasteiger partial charge in [0.25, 0.3) is 0 Å². The summed E-state index contributed by atoms with van der Waals surface area (Å²) in [5.41, 5.74) is 0.844. The second-order valence-corrected chi connectivity index (χ2v) is 8.23. The van der Waals surface area contributed by atoms with Gasteiger partial charge in [-0.25, -0.2) is 4.98 Å². The van der Waals surface area contributed by atoms with Crippen molar-refractivity contribution in [2.24, 2.45) is 5.41 Å². The highest BCUT2D eigenvalue weighted by atomic mass is 16.3. The number of imidazole rings is 1. The standard InChI is InChI=1S/C19H25N3O2/c1-18(2)11-21(12-19(18,3)24)16(23)10-22-15-7-5-4-6-14(15)20-17(22)13-8-9-13/h4-7,13,24H,8-12H2,1-3H3/t19-/m0/s1. The number of hydrogen-bond donors (Lipinski definition) is 1. The minimum atomic E-state index is -0.848. The first-order valence-corrected chi connectivity index (χ1v) is 8.74. The lowest BCUT2D eigenvalue weighted by Gasteiger charge is -2.30. The van der Waals surface area contributed by atoms with Crippen molar-refractivity contribution in [2.45, 2.75) is 51.7 Å². The molecule has 1 saturated heterocycles. The van der Waals surface area contributed by atoms with Crippen molar-refractivity contribution in [3.8, 4) is 0 Å². The monoisotopic (exact) mass is 327 g/mol. The van der Waals surface area contributed by atoms with Crippen LogP contribution in [0.2, 0.25) is 0 Å². The normalized spacial score (nSPS) is 26.2. The molecule has 1 atom stereocenters. The van der Waals surface area contributed by atoms with Crippen LogP contribution in [-0.2, 0) is 11.3 Å². The van der Waals surface area contributed by atoms with Crippen LogP contribution in [0.1, 0.15) is 45.4 Å². The number of benzene rings is 1. The number of likely N-dealkylation sites (tertiary alicyclic amines) is 1. The predicted octanol–water partition coefficient (Wildman–Crippen LogP) is 2.53. The molecule has 1 aromatic heterocycles. The number of β-amino-alcohol motifs (C(OH)–C–C–N with tert-alkyl or cyclic N) is 1. The van der Waals surface area contributed by atoms with Crippen LogP contribution in [0.25, 0.3) is 11.0 Å². The van der Waals surface area contributed by atoms with Crippen LogP contribution in [-0.4, -0.2) is 44.2 Å². The van der Waals surface area contributed by atoms with E-state index in [1.165, 1.54) is 0 Å². The summed E-state index contributed by atoms with van der Waals surface area (Å²) < 4.78 is 2.08. The van der Waals surface area contributed by atoms with E-state index in [2.05, 4.69) is 4.57 Å². The molecule has 1 amide bonds. The summed E-state index contributed by atoms with van der Waals surface area (Å²) in [5, 5.41) is 10.6. The fourth-order valence-electron chi connectivity index (χ4n) is 3.61.